The van der Waals surface area contributed by atoms with Crippen LogP contribution in [0, 0.1) is 11.8 Å². The van der Waals surface area contributed by atoms with Crippen molar-refractivity contribution in [2.75, 3.05) is 0 Å². The predicted molar refractivity (Wildman–Crippen MR) is 81.6 cm³/mol. The number of alkyl halides is 2. The summed E-state index contributed by atoms with van der Waals surface area (Å²) in [5.74, 6) is -2.29. The molecule has 3 nitrogen and oxygen atoms in total. The van der Waals surface area contributed by atoms with E-state index in [1.54, 1.807) is 12.1 Å². The van der Waals surface area contributed by atoms with Gasteiger partial charge in [0.15, 0.2) is 5.82 Å². The largest absolute Gasteiger partial charge is 0.319 e. The second-order valence-corrected chi connectivity index (χ2v) is 5.27. The van der Waals surface area contributed by atoms with E-state index in [0.29, 0.717) is 27.4 Å². The van der Waals surface area contributed by atoms with Crippen LogP contribution in [0.25, 0.3) is 32.9 Å². The molecule has 24 heavy (non-hydrogen) atoms. The fourth-order valence-corrected chi connectivity index (χ4v) is 2.86. The van der Waals surface area contributed by atoms with Crippen molar-refractivity contribution in [3.63, 3.8) is 0 Å². The smallest absolute Gasteiger partial charge is 0.284 e. The van der Waals surface area contributed by atoms with Crippen LogP contribution < -0.4 is 0 Å². The Hall–Kier alpha value is -2.96. The predicted octanol–water partition coefficient (Wildman–Crippen LogP) is 4.92. The molecule has 0 unspecified atom stereocenters. The fourth-order valence-electron chi connectivity index (χ4n) is 2.86. The summed E-state index contributed by atoms with van der Waals surface area (Å²) in [7, 11) is 0. The zero-order valence-electron chi connectivity index (χ0n) is 12.0. The molecule has 1 aromatic carbocycles. The highest BCUT2D eigenvalue weighted by molar-refractivity contribution is 6.08. The Balaban J connectivity index is 2.02. The number of nitrogens with zero attached hydrogens (tertiary/aromatic N) is 3. The van der Waals surface area contributed by atoms with Crippen LogP contribution >= 0.6 is 0 Å². The molecule has 0 bridgehead atoms. The van der Waals surface area contributed by atoms with Crippen LogP contribution in [0.3, 0.4) is 0 Å². The third kappa shape index (κ3) is 2.12. The molecule has 0 saturated heterocycles. The molecular formula is C17H9F4N3. The first-order valence-electron chi connectivity index (χ1n) is 7.03. The first-order chi connectivity index (χ1) is 11.6. The van der Waals surface area contributed by atoms with E-state index >= 15 is 0 Å². The average Bonchev–Trinajstić information content (AvgIpc) is 2.91. The minimum Gasteiger partial charge on any atom is -0.284 e. The lowest BCUT2D eigenvalue weighted by atomic mass is 10.1. The maximum atomic E-state index is 13.5. The summed E-state index contributed by atoms with van der Waals surface area (Å²) >= 11 is 0. The van der Waals surface area contributed by atoms with E-state index < -0.39 is 18.3 Å². The summed E-state index contributed by atoms with van der Waals surface area (Å²) in [4.78, 5) is 7.31. The van der Waals surface area contributed by atoms with Crippen LogP contribution in [0.5, 0.6) is 0 Å². The van der Waals surface area contributed by atoms with Crippen molar-refractivity contribution >= 4 is 21.8 Å². The summed E-state index contributed by atoms with van der Waals surface area (Å²) in [5, 5.41) is 1.21. The zero-order chi connectivity index (χ0) is 16.8. The van der Waals surface area contributed by atoms with Crippen LogP contribution in [0.4, 0.5) is 17.6 Å². The molecule has 4 aromatic rings. The van der Waals surface area contributed by atoms with Crippen LogP contribution in [0.2, 0.25) is 0 Å². The van der Waals surface area contributed by atoms with E-state index in [1.807, 2.05) is 0 Å². The maximum absolute atomic E-state index is 13.5. The van der Waals surface area contributed by atoms with Crippen molar-refractivity contribution in [2.45, 2.75) is 6.55 Å². The highest BCUT2D eigenvalue weighted by atomic mass is 19.3. The Bertz CT molecular complexity index is 1070. The van der Waals surface area contributed by atoms with E-state index in [9.17, 15) is 17.6 Å². The Morgan fingerprint density at radius 1 is 0.875 bits per heavy atom. The van der Waals surface area contributed by atoms with Crippen molar-refractivity contribution in [2.24, 2.45) is 0 Å². The van der Waals surface area contributed by atoms with Gasteiger partial charge in [-0.3, -0.25) is 9.55 Å². The number of rotatable bonds is 2. The number of hydrogen-bond acceptors (Lipinski definition) is 2. The van der Waals surface area contributed by atoms with Crippen molar-refractivity contribution in [3.8, 4) is 11.1 Å². The van der Waals surface area contributed by atoms with Crippen molar-refractivity contribution < 1.29 is 17.6 Å². The van der Waals surface area contributed by atoms with Crippen molar-refractivity contribution in [3.05, 3.63) is 60.7 Å². The lowest BCUT2D eigenvalue weighted by molar-refractivity contribution is 0.0796. The molecule has 0 aliphatic heterocycles. The highest BCUT2D eigenvalue weighted by Crippen LogP contribution is 2.35. The average molecular weight is 331 g/mol. The quantitative estimate of drug-likeness (QED) is 0.385. The Kier molecular flexibility index (Phi) is 3.23. The summed E-state index contributed by atoms with van der Waals surface area (Å²) in [6.07, 6.45) is 4.13. The Morgan fingerprint density at radius 3 is 2.46 bits per heavy atom. The van der Waals surface area contributed by atoms with Crippen LogP contribution in [0.1, 0.15) is 6.55 Å². The molecule has 0 fully saturated rings. The van der Waals surface area contributed by atoms with Crippen LogP contribution in [0.15, 0.2) is 48.9 Å². The molecular weight excluding hydrogens is 322 g/mol. The summed E-state index contributed by atoms with van der Waals surface area (Å²) in [6, 6.07) is 7.32. The van der Waals surface area contributed by atoms with Gasteiger partial charge >= 0.3 is 6.55 Å². The first-order valence-corrected chi connectivity index (χ1v) is 7.03. The summed E-state index contributed by atoms with van der Waals surface area (Å²) < 4.78 is 54.3. The lowest BCUT2D eigenvalue weighted by Gasteiger charge is -2.07. The van der Waals surface area contributed by atoms with Gasteiger partial charge in [-0.25, -0.2) is 9.37 Å². The number of hydrogen-bond donors (Lipinski definition) is 0. The monoisotopic (exact) mass is 331 g/mol. The molecule has 0 aliphatic carbocycles. The molecule has 0 amide bonds. The number of fused-ring (bicyclic) bond motifs is 3. The van der Waals surface area contributed by atoms with Gasteiger partial charge in [0.05, 0.1) is 11.0 Å². The molecule has 4 rings (SSSR count). The van der Waals surface area contributed by atoms with Gasteiger partial charge in [-0.1, -0.05) is 12.1 Å². The van der Waals surface area contributed by atoms with E-state index in [2.05, 4.69) is 9.97 Å². The van der Waals surface area contributed by atoms with Crippen molar-refractivity contribution in [1.29, 1.82) is 0 Å². The lowest BCUT2D eigenvalue weighted by Crippen LogP contribution is -1.97. The van der Waals surface area contributed by atoms with Crippen LogP contribution in [-0.2, 0) is 0 Å². The van der Waals surface area contributed by atoms with Gasteiger partial charge in [-0.2, -0.15) is 13.2 Å². The molecule has 0 radical (unpaired) electrons. The van der Waals surface area contributed by atoms with E-state index in [1.165, 1.54) is 24.5 Å². The number of halogens is 4. The maximum Gasteiger partial charge on any atom is 0.319 e. The first kappa shape index (κ1) is 14.6. The minimum absolute atomic E-state index is 0.287. The number of aromatic nitrogens is 3. The van der Waals surface area contributed by atoms with E-state index in [4.69, 9.17) is 0 Å². The SMILES string of the molecule is Fc1cc(-c2ccc3c4cnccc4n(C(F)F)c3c2)cnc1F. The van der Waals surface area contributed by atoms with Gasteiger partial charge in [-0.15, -0.1) is 0 Å². The molecule has 0 spiro atoms. The highest BCUT2D eigenvalue weighted by Gasteiger charge is 2.17. The molecule has 0 atom stereocenters. The van der Waals surface area contributed by atoms with Crippen LogP contribution in [-0.4, -0.2) is 14.5 Å². The van der Waals surface area contributed by atoms with E-state index in [0.717, 1.165) is 16.8 Å². The fraction of sp³-hybridized carbons (Fsp3) is 0.0588. The van der Waals surface area contributed by atoms with Gasteiger partial charge in [0.1, 0.15) is 0 Å². The molecule has 3 heterocycles. The third-order valence-electron chi connectivity index (χ3n) is 3.93. The molecule has 0 aliphatic rings. The van der Waals surface area contributed by atoms with Gasteiger partial charge in [-0.05, 0) is 23.8 Å². The van der Waals surface area contributed by atoms with Gasteiger partial charge in [0.2, 0.25) is 5.95 Å². The normalized spacial score (nSPS) is 11.7. The van der Waals surface area contributed by atoms with Crippen molar-refractivity contribution in [1.82, 2.24) is 14.5 Å². The van der Waals surface area contributed by atoms with Gasteiger partial charge in [0.25, 0.3) is 0 Å². The standard InChI is InChI=1S/C17H9F4N3/c18-13-5-10(7-23-16(13)19)9-1-2-11-12-8-22-4-3-14(12)24(17(20)21)15(11)6-9/h1-8,17H. The van der Waals surface area contributed by atoms with Gasteiger partial charge < -0.3 is 0 Å². The second kappa shape index (κ2) is 5.30. The zero-order valence-corrected chi connectivity index (χ0v) is 12.0. The Morgan fingerprint density at radius 2 is 1.71 bits per heavy atom. The summed E-state index contributed by atoms with van der Waals surface area (Å²) in [5.41, 5.74) is 1.41. The summed E-state index contributed by atoms with van der Waals surface area (Å²) in [6.45, 7) is -2.74. The topological polar surface area (TPSA) is 30.7 Å². The number of pyridine rings is 2. The molecule has 3 aromatic heterocycles. The van der Waals surface area contributed by atoms with E-state index in [-0.39, 0.29) is 5.52 Å². The second-order valence-electron chi connectivity index (χ2n) is 5.27. The minimum atomic E-state index is -2.74. The Labute approximate surface area is 133 Å². The third-order valence-corrected chi connectivity index (χ3v) is 3.93. The number of benzene rings is 1. The molecule has 0 saturated carbocycles. The molecule has 120 valence electrons. The molecule has 0 N–H and O–H groups in total. The van der Waals surface area contributed by atoms with Gasteiger partial charge in [0, 0.05) is 34.9 Å². The molecule has 7 heteroatoms.